The molecule has 0 aromatic rings. The lowest BCUT2D eigenvalue weighted by Crippen LogP contribution is -2.31. The Labute approximate surface area is 60.7 Å². The minimum absolute atomic E-state index is 0.272. The first kappa shape index (κ1) is 9.83. The van der Waals surface area contributed by atoms with E-state index >= 15 is 0 Å². The lowest BCUT2D eigenvalue weighted by molar-refractivity contribution is 0.0719. The maximum absolute atomic E-state index is 10.2. The maximum atomic E-state index is 10.2. The quantitative estimate of drug-likeness (QED) is 0.548. The van der Waals surface area contributed by atoms with E-state index in [1.165, 1.54) is 0 Å². The Hall–Kier alpha value is -0.170. The van der Waals surface area contributed by atoms with Gasteiger partial charge >= 0.3 is 0 Å². The van der Waals surface area contributed by atoms with Crippen LogP contribution in [-0.2, 0) is 15.0 Å². The number of nitrogens with one attached hydrogen (secondary N) is 1. The second-order valence-corrected chi connectivity index (χ2v) is 3.59. The summed E-state index contributed by atoms with van der Waals surface area (Å²) in [6.07, 6.45) is 0. The van der Waals surface area contributed by atoms with Crippen molar-refractivity contribution in [3.63, 3.8) is 0 Å². The van der Waals surface area contributed by atoms with Gasteiger partial charge in [0.2, 0.25) is 0 Å². The molecule has 0 aliphatic heterocycles. The van der Waals surface area contributed by atoms with E-state index in [1.807, 2.05) is 13.8 Å². The van der Waals surface area contributed by atoms with E-state index in [0.717, 1.165) is 0 Å². The summed E-state index contributed by atoms with van der Waals surface area (Å²) in [7, 11) is -3.69. The molecule has 0 amide bonds. The fraction of sp³-hybridized carbons (Fsp3) is 1.00. The predicted molar refractivity (Wildman–Crippen MR) is 37.0 cm³/mol. The fourth-order valence-electron chi connectivity index (χ4n) is 0.283. The molecule has 0 radical (unpaired) electrons. The number of rotatable bonds is 4. The lowest BCUT2D eigenvalue weighted by atomic mass is 10.2. The third kappa shape index (κ3) is 7.83. The zero-order chi connectivity index (χ0) is 8.20. The van der Waals surface area contributed by atoms with Gasteiger partial charge in [-0.15, -0.1) is 0 Å². The molecule has 0 spiro atoms. The van der Waals surface area contributed by atoms with Gasteiger partial charge in [0.05, 0.1) is 6.61 Å². The van der Waals surface area contributed by atoms with Crippen LogP contribution in [-0.4, -0.2) is 15.0 Å². The Morgan fingerprint density at radius 3 is 2.40 bits per heavy atom. The van der Waals surface area contributed by atoms with Crippen LogP contribution < -0.4 is 10.0 Å². The van der Waals surface area contributed by atoms with E-state index < -0.39 is 10.2 Å². The minimum atomic E-state index is -3.69. The van der Waals surface area contributed by atoms with Gasteiger partial charge in [-0.2, -0.15) is 8.42 Å². The van der Waals surface area contributed by atoms with Gasteiger partial charge < -0.3 is 0 Å². The largest absolute Gasteiger partial charge is 0.296 e. The van der Waals surface area contributed by atoms with Gasteiger partial charge in [0.15, 0.2) is 0 Å². The van der Waals surface area contributed by atoms with Crippen LogP contribution in [0.15, 0.2) is 0 Å². The van der Waals surface area contributed by atoms with Crippen molar-refractivity contribution in [2.75, 3.05) is 6.61 Å². The zero-order valence-corrected chi connectivity index (χ0v) is 6.81. The molecule has 0 aromatic carbocycles. The molecule has 6 heteroatoms. The molecule has 0 unspecified atom stereocenters. The average Bonchev–Trinajstić information content (AvgIpc) is 1.59. The predicted octanol–water partition coefficient (Wildman–Crippen LogP) is -0.633. The maximum Gasteiger partial charge on any atom is 0.296 e. The number of hydrogen-bond acceptors (Lipinski definition) is 3. The highest BCUT2D eigenvalue weighted by molar-refractivity contribution is 7.87. The molecule has 0 rings (SSSR count). The fourth-order valence-corrected chi connectivity index (χ4v) is 0.515. The first-order valence-electron chi connectivity index (χ1n) is 2.83. The highest BCUT2D eigenvalue weighted by atomic mass is 32.2. The van der Waals surface area contributed by atoms with Gasteiger partial charge in [-0.25, -0.2) is 5.14 Å². The second kappa shape index (κ2) is 3.87. The summed E-state index contributed by atoms with van der Waals surface area (Å²) < 4.78 is 20.3. The molecule has 0 atom stereocenters. The van der Waals surface area contributed by atoms with E-state index in [0.29, 0.717) is 6.61 Å². The van der Waals surface area contributed by atoms with Crippen LogP contribution in [0.3, 0.4) is 0 Å². The molecular weight excluding hydrogens is 156 g/mol. The van der Waals surface area contributed by atoms with Crippen molar-refractivity contribution >= 4 is 10.2 Å². The molecule has 10 heavy (non-hydrogen) atoms. The molecule has 3 N–H and O–H groups in total. The van der Waals surface area contributed by atoms with Gasteiger partial charge in [0, 0.05) is 0 Å². The Bertz CT molecular complexity index is 175. The first-order chi connectivity index (χ1) is 4.42. The molecule has 0 fully saturated rings. The Kier molecular flexibility index (Phi) is 3.80. The van der Waals surface area contributed by atoms with Crippen LogP contribution in [0.2, 0.25) is 0 Å². The minimum Gasteiger partial charge on any atom is -0.286 e. The van der Waals surface area contributed by atoms with Gasteiger partial charge in [-0.05, 0) is 5.92 Å². The van der Waals surface area contributed by atoms with Crippen molar-refractivity contribution in [2.24, 2.45) is 11.1 Å². The molecule has 0 aliphatic carbocycles. The van der Waals surface area contributed by atoms with Crippen LogP contribution >= 0.6 is 0 Å². The van der Waals surface area contributed by atoms with Crippen molar-refractivity contribution in [3.05, 3.63) is 0 Å². The SMILES string of the molecule is CC(C)CONS(N)(=O)=O. The van der Waals surface area contributed by atoms with Crippen LogP contribution in [0.4, 0.5) is 0 Å². The molecule has 0 saturated carbocycles. The molecule has 5 nitrogen and oxygen atoms in total. The van der Waals surface area contributed by atoms with Crippen molar-refractivity contribution in [2.45, 2.75) is 13.8 Å². The van der Waals surface area contributed by atoms with Crippen molar-refractivity contribution < 1.29 is 13.3 Å². The van der Waals surface area contributed by atoms with Crippen LogP contribution in [0.25, 0.3) is 0 Å². The summed E-state index contributed by atoms with van der Waals surface area (Å²) in [6, 6.07) is 0. The van der Waals surface area contributed by atoms with Crippen molar-refractivity contribution in [1.29, 1.82) is 0 Å². The molecule has 62 valence electrons. The van der Waals surface area contributed by atoms with E-state index in [-0.39, 0.29) is 5.92 Å². The average molecular weight is 168 g/mol. The molecule has 0 heterocycles. The summed E-state index contributed by atoms with van der Waals surface area (Å²) in [6.45, 7) is 4.10. The number of nitrogens with two attached hydrogens (primary N) is 1. The van der Waals surface area contributed by atoms with E-state index in [1.54, 1.807) is 4.89 Å². The standard InChI is InChI=1S/C4H12N2O3S/c1-4(2)3-9-6-10(5,7)8/h4,6H,3H2,1-2H3,(H2,5,7,8). The second-order valence-electron chi connectivity index (χ2n) is 2.33. The van der Waals surface area contributed by atoms with Crippen molar-refractivity contribution in [1.82, 2.24) is 4.89 Å². The topological polar surface area (TPSA) is 81.4 Å². The summed E-state index contributed by atoms with van der Waals surface area (Å²) in [4.78, 5) is 6.20. The Morgan fingerprint density at radius 1 is 1.60 bits per heavy atom. The normalized spacial score (nSPS) is 12.4. The van der Waals surface area contributed by atoms with Gasteiger partial charge in [-0.3, -0.25) is 4.84 Å². The van der Waals surface area contributed by atoms with Gasteiger partial charge in [-0.1, -0.05) is 18.7 Å². The molecule has 0 bridgehead atoms. The van der Waals surface area contributed by atoms with Gasteiger partial charge in [0.1, 0.15) is 0 Å². The van der Waals surface area contributed by atoms with Crippen molar-refractivity contribution in [3.8, 4) is 0 Å². The third-order valence-electron chi connectivity index (χ3n) is 0.592. The summed E-state index contributed by atoms with van der Waals surface area (Å²) >= 11 is 0. The van der Waals surface area contributed by atoms with Crippen LogP contribution in [0, 0.1) is 5.92 Å². The van der Waals surface area contributed by atoms with Crippen LogP contribution in [0.1, 0.15) is 13.8 Å². The highest BCUT2D eigenvalue weighted by Gasteiger charge is 2.00. The van der Waals surface area contributed by atoms with E-state index in [2.05, 4.69) is 9.98 Å². The summed E-state index contributed by atoms with van der Waals surface area (Å²) in [5.74, 6) is 0.272. The highest BCUT2D eigenvalue weighted by Crippen LogP contribution is 1.89. The van der Waals surface area contributed by atoms with Crippen LogP contribution in [0.5, 0.6) is 0 Å². The third-order valence-corrected chi connectivity index (χ3v) is 0.942. The molecular formula is C4H12N2O3S. The Morgan fingerprint density at radius 2 is 2.10 bits per heavy atom. The first-order valence-corrected chi connectivity index (χ1v) is 4.38. The zero-order valence-electron chi connectivity index (χ0n) is 5.99. The van der Waals surface area contributed by atoms with E-state index in [4.69, 9.17) is 0 Å². The number of hydrogen-bond donors (Lipinski definition) is 2. The molecule has 0 aromatic heterocycles. The Balaban J connectivity index is 3.39. The van der Waals surface area contributed by atoms with E-state index in [9.17, 15) is 8.42 Å². The summed E-state index contributed by atoms with van der Waals surface area (Å²) in [5, 5.41) is 4.56. The lowest BCUT2D eigenvalue weighted by Gasteiger charge is -2.04. The monoisotopic (exact) mass is 168 g/mol. The molecule has 0 saturated heterocycles. The molecule has 0 aliphatic rings. The van der Waals surface area contributed by atoms with Gasteiger partial charge in [0.25, 0.3) is 10.2 Å². The summed E-state index contributed by atoms with van der Waals surface area (Å²) in [5.41, 5.74) is 0. The smallest absolute Gasteiger partial charge is 0.286 e.